The highest BCUT2D eigenvalue weighted by Gasteiger charge is 2.09. The van der Waals surface area contributed by atoms with Crippen molar-refractivity contribution in [1.82, 2.24) is 9.78 Å². The second kappa shape index (κ2) is 4.47. The zero-order valence-corrected chi connectivity index (χ0v) is 10.4. The van der Waals surface area contributed by atoms with E-state index in [4.69, 9.17) is 0 Å². The molecule has 0 atom stereocenters. The molecule has 0 aliphatic rings. The van der Waals surface area contributed by atoms with E-state index in [-0.39, 0.29) is 0 Å². The van der Waals surface area contributed by atoms with Gasteiger partial charge in [-0.15, -0.1) is 0 Å². The maximum atomic E-state index is 4.37. The first kappa shape index (κ1) is 11.8. The third-order valence-electron chi connectivity index (χ3n) is 2.76. The van der Waals surface area contributed by atoms with Crippen LogP contribution in [0.4, 0.5) is 0 Å². The molecule has 0 radical (unpaired) electrons. The summed E-state index contributed by atoms with van der Waals surface area (Å²) < 4.78 is 1.95. The van der Waals surface area contributed by atoms with Crippen molar-refractivity contribution >= 4 is 5.57 Å². The highest BCUT2D eigenvalue weighted by Crippen LogP contribution is 2.25. The van der Waals surface area contributed by atoms with Crippen LogP contribution in [0.5, 0.6) is 0 Å². The molecule has 0 N–H and O–H groups in total. The number of aromatic nitrogens is 2. The molecule has 1 rings (SSSR count). The lowest BCUT2D eigenvalue weighted by Gasteiger charge is -2.10. The van der Waals surface area contributed by atoms with Crippen molar-refractivity contribution < 1.29 is 0 Å². The van der Waals surface area contributed by atoms with Gasteiger partial charge in [0.2, 0.25) is 0 Å². The Morgan fingerprint density at radius 2 is 2.07 bits per heavy atom. The largest absolute Gasteiger partial charge is 0.268 e. The quantitative estimate of drug-likeness (QED) is 0.689. The van der Waals surface area contributed by atoms with Crippen molar-refractivity contribution in [2.24, 2.45) is 7.05 Å². The Morgan fingerprint density at radius 1 is 1.47 bits per heavy atom. The number of hydrogen-bond donors (Lipinski definition) is 0. The van der Waals surface area contributed by atoms with Gasteiger partial charge in [-0.2, -0.15) is 5.10 Å². The van der Waals surface area contributed by atoms with Crippen LogP contribution in [-0.2, 0) is 7.05 Å². The zero-order valence-electron chi connectivity index (χ0n) is 10.4. The maximum Gasteiger partial charge on any atom is 0.0643 e. The maximum absolute atomic E-state index is 4.37. The number of allylic oxidation sites excluding steroid dienone is 3. The predicted octanol–water partition coefficient (Wildman–Crippen LogP) is 3.49. The molecule has 0 fully saturated rings. The molecule has 0 aromatic carbocycles. The Kier molecular flexibility index (Phi) is 3.51. The Labute approximate surface area is 92.3 Å². The lowest BCUT2D eigenvalue weighted by Crippen LogP contribution is -1.99. The Bertz CT molecular complexity index is 408. The summed E-state index contributed by atoms with van der Waals surface area (Å²) in [6, 6.07) is 2.13. The summed E-state index contributed by atoms with van der Waals surface area (Å²) in [6.45, 7) is 12.4. The van der Waals surface area contributed by atoms with Crippen molar-refractivity contribution in [3.05, 3.63) is 35.2 Å². The van der Waals surface area contributed by atoms with Gasteiger partial charge in [-0.25, -0.2) is 0 Å². The summed E-state index contributed by atoms with van der Waals surface area (Å²) in [6.07, 6.45) is 1.01. The van der Waals surface area contributed by atoms with E-state index < -0.39 is 0 Å². The second-order valence-electron chi connectivity index (χ2n) is 4.03. The van der Waals surface area contributed by atoms with Gasteiger partial charge in [-0.1, -0.05) is 19.1 Å². The fourth-order valence-electron chi connectivity index (χ4n) is 1.79. The first-order chi connectivity index (χ1) is 6.97. The molecule has 15 heavy (non-hydrogen) atoms. The van der Waals surface area contributed by atoms with Crippen LogP contribution in [0.2, 0.25) is 0 Å². The van der Waals surface area contributed by atoms with Crippen LogP contribution in [0, 0.1) is 6.92 Å². The molecule has 1 aromatic rings. The summed E-state index contributed by atoms with van der Waals surface area (Å²) in [5.74, 6) is 0. The van der Waals surface area contributed by atoms with Gasteiger partial charge in [0, 0.05) is 7.05 Å². The standard InChI is InChI=1S/C13H20N2/c1-7-12(11(5)9(2)3)13-8-10(4)14-15(13)6/h8H,2,7H2,1,3-6H3/b12-11+. The van der Waals surface area contributed by atoms with Gasteiger partial charge in [0.25, 0.3) is 0 Å². The molecule has 0 amide bonds. The van der Waals surface area contributed by atoms with Crippen molar-refractivity contribution in [3.63, 3.8) is 0 Å². The minimum Gasteiger partial charge on any atom is -0.268 e. The molecule has 0 unspecified atom stereocenters. The molecule has 0 aliphatic heterocycles. The van der Waals surface area contributed by atoms with Crippen molar-refractivity contribution in [1.29, 1.82) is 0 Å². The lowest BCUT2D eigenvalue weighted by molar-refractivity contribution is 0.742. The minimum atomic E-state index is 1.01. The van der Waals surface area contributed by atoms with Crippen molar-refractivity contribution in [2.75, 3.05) is 0 Å². The van der Waals surface area contributed by atoms with Crippen molar-refractivity contribution in [2.45, 2.75) is 34.1 Å². The zero-order chi connectivity index (χ0) is 11.6. The van der Waals surface area contributed by atoms with Crippen LogP contribution < -0.4 is 0 Å². The summed E-state index contributed by atoms with van der Waals surface area (Å²) >= 11 is 0. The van der Waals surface area contributed by atoms with E-state index in [1.165, 1.54) is 16.8 Å². The van der Waals surface area contributed by atoms with Crippen LogP contribution >= 0.6 is 0 Å². The molecular formula is C13H20N2. The number of aryl methyl sites for hydroxylation is 2. The monoisotopic (exact) mass is 204 g/mol. The molecule has 0 bridgehead atoms. The van der Waals surface area contributed by atoms with E-state index in [1.807, 2.05) is 25.6 Å². The van der Waals surface area contributed by atoms with Gasteiger partial charge in [-0.3, -0.25) is 4.68 Å². The number of hydrogen-bond acceptors (Lipinski definition) is 1. The van der Waals surface area contributed by atoms with Gasteiger partial charge < -0.3 is 0 Å². The van der Waals surface area contributed by atoms with Gasteiger partial charge >= 0.3 is 0 Å². The molecule has 0 saturated heterocycles. The summed E-state index contributed by atoms with van der Waals surface area (Å²) in [4.78, 5) is 0. The minimum absolute atomic E-state index is 1.01. The molecule has 2 nitrogen and oxygen atoms in total. The van der Waals surface area contributed by atoms with Gasteiger partial charge in [0.15, 0.2) is 0 Å². The molecule has 1 heterocycles. The Balaban J connectivity index is 3.30. The molecular weight excluding hydrogens is 184 g/mol. The van der Waals surface area contributed by atoms with Gasteiger partial charge in [0.1, 0.15) is 0 Å². The van der Waals surface area contributed by atoms with E-state index in [0.29, 0.717) is 0 Å². The molecule has 0 saturated carbocycles. The molecule has 1 aromatic heterocycles. The first-order valence-corrected chi connectivity index (χ1v) is 5.34. The van der Waals surface area contributed by atoms with E-state index in [9.17, 15) is 0 Å². The third-order valence-corrected chi connectivity index (χ3v) is 2.76. The average molecular weight is 204 g/mol. The van der Waals surface area contributed by atoms with E-state index in [2.05, 4.69) is 31.6 Å². The van der Waals surface area contributed by atoms with Crippen LogP contribution in [-0.4, -0.2) is 9.78 Å². The Hall–Kier alpha value is -1.31. The Morgan fingerprint density at radius 3 is 2.40 bits per heavy atom. The second-order valence-corrected chi connectivity index (χ2v) is 4.03. The number of rotatable bonds is 3. The summed E-state index contributed by atoms with van der Waals surface area (Å²) in [7, 11) is 1.99. The van der Waals surface area contributed by atoms with Crippen LogP contribution in [0.25, 0.3) is 5.57 Å². The normalized spacial score (nSPS) is 12.6. The summed E-state index contributed by atoms with van der Waals surface area (Å²) in [5, 5.41) is 4.37. The van der Waals surface area contributed by atoms with Crippen molar-refractivity contribution in [3.8, 4) is 0 Å². The fourth-order valence-corrected chi connectivity index (χ4v) is 1.79. The topological polar surface area (TPSA) is 17.8 Å². The molecule has 0 spiro atoms. The molecule has 0 aliphatic carbocycles. The van der Waals surface area contributed by atoms with E-state index in [0.717, 1.165) is 17.7 Å². The highest BCUT2D eigenvalue weighted by molar-refractivity contribution is 5.69. The lowest BCUT2D eigenvalue weighted by atomic mass is 9.99. The molecule has 82 valence electrons. The van der Waals surface area contributed by atoms with Gasteiger partial charge in [-0.05, 0) is 44.4 Å². The fraction of sp³-hybridized carbons (Fsp3) is 0.462. The highest BCUT2D eigenvalue weighted by atomic mass is 15.3. The molecule has 2 heteroatoms. The van der Waals surface area contributed by atoms with Gasteiger partial charge in [0.05, 0.1) is 11.4 Å². The SMILES string of the molecule is C=C(C)/C(C)=C(\CC)c1cc(C)nn1C. The van der Waals surface area contributed by atoms with E-state index >= 15 is 0 Å². The van der Waals surface area contributed by atoms with Crippen LogP contribution in [0.15, 0.2) is 23.8 Å². The van der Waals surface area contributed by atoms with E-state index in [1.54, 1.807) is 0 Å². The predicted molar refractivity (Wildman–Crippen MR) is 65.6 cm³/mol. The van der Waals surface area contributed by atoms with Crippen LogP contribution in [0.1, 0.15) is 38.6 Å². The average Bonchev–Trinajstić information content (AvgIpc) is 2.47. The number of nitrogens with zero attached hydrogens (tertiary/aromatic N) is 2. The first-order valence-electron chi connectivity index (χ1n) is 5.34. The smallest absolute Gasteiger partial charge is 0.0643 e. The third kappa shape index (κ3) is 2.38. The summed E-state index contributed by atoms with van der Waals surface area (Å²) in [5.41, 5.74) is 6.01. The van der Waals surface area contributed by atoms with Crippen LogP contribution in [0.3, 0.4) is 0 Å².